The number of morpholine rings is 1. The highest BCUT2D eigenvalue weighted by molar-refractivity contribution is 6.62. The lowest BCUT2D eigenvalue weighted by Gasteiger charge is -2.51. The molecule has 3 heterocycles. The van der Waals surface area contributed by atoms with Crippen LogP contribution >= 0.6 is 0 Å². The molecule has 7 nitrogen and oxygen atoms in total. The van der Waals surface area contributed by atoms with Gasteiger partial charge in [-0.3, -0.25) is 4.90 Å². The van der Waals surface area contributed by atoms with E-state index in [1.165, 1.54) is 0 Å². The van der Waals surface area contributed by atoms with Crippen molar-refractivity contribution in [3.05, 3.63) is 29.8 Å². The molecule has 182 valence electrons. The summed E-state index contributed by atoms with van der Waals surface area (Å²) in [6, 6.07) is 7.67. The van der Waals surface area contributed by atoms with Gasteiger partial charge in [0, 0.05) is 6.42 Å². The Kier molecular flexibility index (Phi) is 6.14. The molecular formula is C25H38BNO6. The largest absolute Gasteiger partial charge is 0.494 e. The second-order valence-corrected chi connectivity index (χ2v) is 11.9. The quantitative estimate of drug-likeness (QED) is 0.701. The van der Waals surface area contributed by atoms with Gasteiger partial charge in [0.15, 0.2) is 0 Å². The molecule has 1 amide bonds. The van der Waals surface area contributed by atoms with Crippen molar-refractivity contribution in [1.29, 1.82) is 0 Å². The molecule has 1 aromatic rings. The zero-order chi connectivity index (χ0) is 24.2. The number of nitrogens with zero attached hydrogens (tertiary/aromatic N) is 1. The first-order chi connectivity index (χ1) is 15.2. The number of rotatable bonds is 3. The number of amides is 1. The summed E-state index contributed by atoms with van der Waals surface area (Å²) in [5.74, 6) is 0. The topological polar surface area (TPSA) is 77.5 Å². The van der Waals surface area contributed by atoms with Gasteiger partial charge in [0.1, 0.15) is 5.60 Å². The number of carbonyl (C=O) groups excluding carboxylic acids is 1. The van der Waals surface area contributed by atoms with E-state index in [1.807, 2.05) is 66.7 Å². The van der Waals surface area contributed by atoms with Gasteiger partial charge in [-0.2, -0.15) is 0 Å². The Balaban J connectivity index is 1.48. The smallest absolute Gasteiger partial charge is 0.444 e. The van der Waals surface area contributed by atoms with Gasteiger partial charge in [0.25, 0.3) is 0 Å². The minimum atomic E-state index is -0.924. The summed E-state index contributed by atoms with van der Waals surface area (Å²) in [7, 11) is -0.439. The van der Waals surface area contributed by atoms with E-state index in [2.05, 4.69) is 6.07 Å². The first-order valence-corrected chi connectivity index (χ1v) is 11.9. The number of aliphatic hydroxyl groups is 1. The maximum atomic E-state index is 12.8. The Labute approximate surface area is 197 Å². The molecule has 0 saturated carbocycles. The van der Waals surface area contributed by atoms with Gasteiger partial charge in [-0.1, -0.05) is 24.3 Å². The zero-order valence-corrected chi connectivity index (χ0v) is 21.0. The molecule has 3 aliphatic rings. The highest BCUT2D eigenvalue weighted by atomic mass is 16.7. The van der Waals surface area contributed by atoms with E-state index in [-0.39, 0.29) is 18.2 Å². The van der Waals surface area contributed by atoms with E-state index in [0.717, 1.165) is 11.0 Å². The van der Waals surface area contributed by atoms with Crippen LogP contribution in [0.5, 0.6) is 0 Å². The van der Waals surface area contributed by atoms with E-state index >= 15 is 0 Å². The minimum Gasteiger partial charge on any atom is -0.444 e. The predicted octanol–water partition coefficient (Wildman–Crippen LogP) is 3.06. The zero-order valence-electron chi connectivity index (χ0n) is 21.0. The van der Waals surface area contributed by atoms with Crippen molar-refractivity contribution in [2.24, 2.45) is 0 Å². The number of hydrogen-bond donors (Lipinski definition) is 1. The number of hydrogen-bond acceptors (Lipinski definition) is 6. The molecule has 3 aliphatic heterocycles. The molecule has 0 spiro atoms. The third kappa shape index (κ3) is 5.09. The summed E-state index contributed by atoms with van der Waals surface area (Å²) < 4.78 is 23.8. The molecule has 1 aromatic carbocycles. The van der Waals surface area contributed by atoms with E-state index < -0.39 is 29.5 Å². The van der Waals surface area contributed by atoms with Crippen molar-refractivity contribution in [3.63, 3.8) is 0 Å². The van der Waals surface area contributed by atoms with Gasteiger partial charge < -0.3 is 23.9 Å². The molecule has 3 saturated heterocycles. The SMILES string of the molecule is CC(C)(C)OC(=O)N1C2COCC1CC(O)(Cc1cccc(B3OC(C)(C)C(C)(C)O3)c1)C2. The van der Waals surface area contributed by atoms with Gasteiger partial charge in [0.05, 0.1) is 42.1 Å². The Morgan fingerprint density at radius 1 is 1.12 bits per heavy atom. The van der Waals surface area contributed by atoms with Crippen LogP contribution in [-0.2, 0) is 25.2 Å². The molecule has 2 unspecified atom stereocenters. The molecule has 33 heavy (non-hydrogen) atoms. The van der Waals surface area contributed by atoms with E-state index in [4.69, 9.17) is 18.8 Å². The van der Waals surface area contributed by atoms with Crippen LogP contribution in [-0.4, -0.2) is 70.9 Å². The number of carbonyl (C=O) groups is 1. The van der Waals surface area contributed by atoms with Crippen molar-refractivity contribution in [3.8, 4) is 0 Å². The van der Waals surface area contributed by atoms with Crippen molar-refractivity contribution < 1.29 is 28.7 Å². The lowest BCUT2D eigenvalue weighted by atomic mass is 9.75. The first-order valence-electron chi connectivity index (χ1n) is 11.9. The fourth-order valence-electron chi connectivity index (χ4n) is 5.04. The number of benzene rings is 1. The van der Waals surface area contributed by atoms with Crippen LogP contribution in [0.1, 0.15) is 66.9 Å². The second kappa shape index (κ2) is 8.26. The molecular weight excluding hydrogens is 421 g/mol. The lowest BCUT2D eigenvalue weighted by molar-refractivity contribution is -0.137. The number of fused-ring (bicyclic) bond motifs is 2. The van der Waals surface area contributed by atoms with Crippen molar-refractivity contribution in [2.75, 3.05) is 13.2 Å². The molecule has 0 aliphatic carbocycles. The summed E-state index contributed by atoms with van der Waals surface area (Å²) in [6.45, 7) is 14.6. The van der Waals surface area contributed by atoms with Crippen LogP contribution in [0, 0.1) is 0 Å². The Hall–Kier alpha value is -1.61. The average Bonchev–Trinajstić information content (AvgIpc) is 2.87. The standard InChI is InChI=1S/C25H38BNO6/c1-22(2,3)31-21(28)27-19-13-25(29,14-20(27)16-30-15-19)12-17-9-8-10-18(11-17)26-32-23(4,5)24(6,7)33-26/h8-11,19-20,29H,12-16H2,1-7H3. The van der Waals surface area contributed by atoms with Crippen LogP contribution in [0.25, 0.3) is 0 Å². The average molecular weight is 459 g/mol. The van der Waals surface area contributed by atoms with Crippen LogP contribution in [0.3, 0.4) is 0 Å². The molecule has 2 bridgehead atoms. The molecule has 0 aromatic heterocycles. The van der Waals surface area contributed by atoms with Crippen LogP contribution in [0.4, 0.5) is 4.79 Å². The van der Waals surface area contributed by atoms with E-state index in [1.54, 1.807) is 4.90 Å². The van der Waals surface area contributed by atoms with Crippen LogP contribution in [0.2, 0.25) is 0 Å². The lowest BCUT2D eigenvalue weighted by Crippen LogP contribution is -2.64. The van der Waals surface area contributed by atoms with E-state index in [9.17, 15) is 9.90 Å². The van der Waals surface area contributed by atoms with E-state index in [0.29, 0.717) is 32.5 Å². The highest BCUT2D eigenvalue weighted by Gasteiger charge is 2.52. The first kappa shape index (κ1) is 24.5. The number of piperidine rings is 1. The van der Waals surface area contributed by atoms with Gasteiger partial charge >= 0.3 is 13.2 Å². The van der Waals surface area contributed by atoms with Gasteiger partial charge in [0.2, 0.25) is 0 Å². The number of ether oxygens (including phenoxy) is 2. The normalized spacial score (nSPS) is 30.9. The van der Waals surface area contributed by atoms with Crippen molar-refractivity contribution in [1.82, 2.24) is 4.90 Å². The summed E-state index contributed by atoms with van der Waals surface area (Å²) in [5, 5.41) is 11.6. The maximum Gasteiger partial charge on any atom is 0.494 e. The van der Waals surface area contributed by atoms with Crippen LogP contribution < -0.4 is 5.46 Å². The molecule has 2 atom stereocenters. The molecule has 0 radical (unpaired) electrons. The Morgan fingerprint density at radius 3 is 2.24 bits per heavy atom. The highest BCUT2D eigenvalue weighted by Crippen LogP contribution is 2.38. The summed E-state index contributed by atoms with van der Waals surface area (Å²) >= 11 is 0. The summed E-state index contributed by atoms with van der Waals surface area (Å²) in [5.41, 5.74) is -0.325. The fraction of sp³-hybridized carbons (Fsp3) is 0.720. The molecule has 1 N–H and O–H groups in total. The fourth-order valence-corrected chi connectivity index (χ4v) is 5.04. The third-order valence-corrected chi connectivity index (χ3v) is 7.25. The third-order valence-electron chi connectivity index (χ3n) is 7.25. The predicted molar refractivity (Wildman–Crippen MR) is 127 cm³/mol. The van der Waals surface area contributed by atoms with Gasteiger partial charge in [-0.15, -0.1) is 0 Å². The maximum absolute atomic E-state index is 12.8. The van der Waals surface area contributed by atoms with Gasteiger partial charge in [-0.25, -0.2) is 4.79 Å². The van der Waals surface area contributed by atoms with Gasteiger partial charge in [-0.05, 0) is 72.3 Å². The van der Waals surface area contributed by atoms with Crippen molar-refractivity contribution >= 4 is 18.7 Å². The Bertz CT molecular complexity index is 865. The van der Waals surface area contributed by atoms with Crippen LogP contribution in [0.15, 0.2) is 24.3 Å². The monoisotopic (exact) mass is 459 g/mol. The molecule has 8 heteroatoms. The Morgan fingerprint density at radius 2 is 1.70 bits per heavy atom. The van der Waals surface area contributed by atoms with Crippen molar-refractivity contribution in [2.45, 2.75) is 102 Å². The molecule has 3 fully saturated rings. The summed E-state index contributed by atoms with van der Waals surface area (Å²) in [6.07, 6.45) is 1.06. The minimum absolute atomic E-state index is 0.205. The second-order valence-electron chi connectivity index (χ2n) is 11.9. The summed E-state index contributed by atoms with van der Waals surface area (Å²) in [4.78, 5) is 14.6. The molecule has 4 rings (SSSR count).